The number of hydroxylamine groups is 2. The minimum absolute atomic E-state index is 0. The number of halogens is 1. The number of nitrogens with two attached hydrogens (primary N) is 1. The molecule has 1 aliphatic rings. The number of fused-ring (bicyclic) bond motifs is 1. The van der Waals surface area contributed by atoms with Gasteiger partial charge in [-0.2, -0.15) is 0 Å². The SMILES string of the molecule is Cl.Nc1ccc(CCON2C(=O)c3ccccc3C2=O)cc1. The molecule has 0 atom stereocenters. The van der Waals surface area contributed by atoms with E-state index in [0.29, 0.717) is 23.2 Å². The minimum Gasteiger partial charge on any atom is -0.399 e. The maximum absolute atomic E-state index is 12.1. The van der Waals surface area contributed by atoms with Gasteiger partial charge in [0.15, 0.2) is 0 Å². The molecule has 0 fully saturated rings. The van der Waals surface area contributed by atoms with Gasteiger partial charge in [-0.25, -0.2) is 0 Å². The molecule has 22 heavy (non-hydrogen) atoms. The quantitative estimate of drug-likeness (QED) is 0.694. The summed E-state index contributed by atoms with van der Waals surface area (Å²) in [5.41, 5.74) is 8.10. The number of rotatable bonds is 4. The van der Waals surface area contributed by atoms with Crippen LogP contribution < -0.4 is 5.73 Å². The highest BCUT2D eigenvalue weighted by molar-refractivity contribution is 6.20. The summed E-state index contributed by atoms with van der Waals surface area (Å²) in [4.78, 5) is 29.5. The van der Waals surface area contributed by atoms with E-state index in [4.69, 9.17) is 10.6 Å². The van der Waals surface area contributed by atoms with Gasteiger partial charge >= 0.3 is 0 Å². The molecule has 0 bridgehead atoms. The zero-order valence-electron chi connectivity index (χ0n) is 11.7. The van der Waals surface area contributed by atoms with Crippen molar-refractivity contribution < 1.29 is 14.4 Å². The zero-order chi connectivity index (χ0) is 14.8. The van der Waals surface area contributed by atoms with Crippen LogP contribution in [0.25, 0.3) is 0 Å². The first-order valence-corrected chi connectivity index (χ1v) is 6.62. The number of carbonyl (C=O) groups excluding carboxylic acids is 2. The Bertz CT molecular complexity index is 666. The zero-order valence-corrected chi connectivity index (χ0v) is 12.5. The average Bonchev–Trinajstić information content (AvgIpc) is 2.75. The van der Waals surface area contributed by atoms with E-state index in [0.717, 1.165) is 10.6 Å². The van der Waals surface area contributed by atoms with E-state index in [1.54, 1.807) is 36.4 Å². The Kier molecular flexibility index (Phi) is 4.80. The molecule has 1 aliphatic heterocycles. The molecule has 1 heterocycles. The minimum atomic E-state index is -0.409. The Balaban J connectivity index is 0.00000176. The molecular weight excluding hydrogens is 304 g/mol. The van der Waals surface area contributed by atoms with E-state index < -0.39 is 11.8 Å². The number of anilines is 1. The fourth-order valence-electron chi connectivity index (χ4n) is 2.22. The number of nitrogen functional groups attached to an aromatic ring is 1. The Hall–Kier alpha value is -2.37. The summed E-state index contributed by atoms with van der Waals surface area (Å²) in [7, 11) is 0. The first-order valence-electron chi connectivity index (χ1n) is 6.62. The summed E-state index contributed by atoms with van der Waals surface area (Å²) < 4.78 is 0. The van der Waals surface area contributed by atoms with Gasteiger partial charge in [0.25, 0.3) is 11.8 Å². The lowest BCUT2D eigenvalue weighted by Crippen LogP contribution is -2.30. The van der Waals surface area contributed by atoms with E-state index in [2.05, 4.69) is 0 Å². The van der Waals surface area contributed by atoms with Gasteiger partial charge in [-0.15, -0.1) is 17.5 Å². The van der Waals surface area contributed by atoms with Crippen molar-refractivity contribution >= 4 is 29.9 Å². The second-order valence-electron chi connectivity index (χ2n) is 4.78. The fourth-order valence-corrected chi connectivity index (χ4v) is 2.22. The van der Waals surface area contributed by atoms with E-state index in [9.17, 15) is 9.59 Å². The number of benzene rings is 2. The standard InChI is InChI=1S/C16H14N2O3.ClH/c17-12-7-5-11(6-8-12)9-10-21-18-15(19)13-3-1-2-4-14(13)16(18)20;/h1-8H,9-10,17H2;1H. The largest absolute Gasteiger partial charge is 0.399 e. The topological polar surface area (TPSA) is 72.6 Å². The van der Waals surface area contributed by atoms with Crippen molar-refractivity contribution in [2.24, 2.45) is 0 Å². The van der Waals surface area contributed by atoms with Crippen LogP contribution in [0.4, 0.5) is 5.69 Å². The molecule has 114 valence electrons. The maximum atomic E-state index is 12.1. The third-order valence-corrected chi connectivity index (χ3v) is 3.35. The second kappa shape index (κ2) is 6.60. The van der Waals surface area contributed by atoms with Crippen molar-refractivity contribution in [2.75, 3.05) is 12.3 Å². The van der Waals surface area contributed by atoms with Crippen molar-refractivity contribution in [3.8, 4) is 0 Å². The van der Waals surface area contributed by atoms with Crippen LogP contribution in [0.3, 0.4) is 0 Å². The van der Waals surface area contributed by atoms with Crippen molar-refractivity contribution in [3.63, 3.8) is 0 Å². The molecule has 0 unspecified atom stereocenters. The molecule has 0 aliphatic carbocycles. The summed E-state index contributed by atoms with van der Waals surface area (Å²) >= 11 is 0. The van der Waals surface area contributed by atoms with Crippen molar-refractivity contribution in [3.05, 3.63) is 65.2 Å². The number of hydrogen-bond donors (Lipinski definition) is 1. The number of carbonyl (C=O) groups is 2. The number of nitrogens with zero attached hydrogens (tertiary/aromatic N) is 1. The molecule has 0 saturated carbocycles. The molecular formula is C16H15ClN2O3. The molecule has 0 radical (unpaired) electrons. The number of imide groups is 1. The van der Waals surface area contributed by atoms with Gasteiger partial charge in [-0.1, -0.05) is 24.3 Å². The highest BCUT2D eigenvalue weighted by atomic mass is 35.5. The number of hydrogen-bond acceptors (Lipinski definition) is 4. The molecule has 5 nitrogen and oxygen atoms in total. The van der Waals surface area contributed by atoms with Crippen molar-refractivity contribution in [1.82, 2.24) is 5.06 Å². The average molecular weight is 319 g/mol. The van der Waals surface area contributed by atoms with Crippen LogP contribution in [0.2, 0.25) is 0 Å². The Labute approximate surface area is 134 Å². The van der Waals surface area contributed by atoms with Crippen LogP contribution in [0.5, 0.6) is 0 Å². The van der Waals surface area contributed by atoms with Gasteiger partial charge in [0.1, 0.15) is 0 Å². The Morgan fingerprint density at radius 3 is 2.00 bits per heavy atom. The van der Waals surface area contributed by atoms with E-state index in [1.807, 2.05) is 12.1 Å². The molecule has 2 N–H and O–H groups in total. The predicted molar refractivity (Wildman–Crippen MR) is 84.7 cm³/mol. The normalized spacial score (nSPS) is 13.0. The summed E-state index contributed by atoms with van der Waals surface area (Å²) in [6.45, 7) is 0.245. The Morgan fingerprint density at radius 2 is 1.45 bits per heavy atom. The highest BCUT2D eigenvalue weighted by Crippen LogP contribution is 2.22. The summed E-state index contributed by atoms with van der Waals surface area (Å²) in [5, 5.41) is 0.835. The lowest BCUT2D eigenvalue weighted by molar-refractivity contribution is -0.0902. The van der Waals surface area contributed by atoms with Crippen LogP contribution in [0, 0.1) is 0 Å². The van der Waals surface area contributed by atoms with Crippen molar-refractivity contribution in [1.29, 1.82) is 0 Å². The van der Waals surface area contributed by atoms with Crippen LogP contribution in [0.15, 0.2) is 48.5 Å². The van der Waals surface area contributed by atoms with Gasteiger partial charge in [0.2, 0.25) is 0 Å². The first kappa shape index (κ1) is 16.0. The second-order valence-corrected chi connectivity index (χ2v) is 4.78. The molecule has 2 aromatic rings. The molecule has 0 spiro atoms. The lowest BCUT2D eigenvalue weighted by atomic mass is 10.1. The summed E-state index contributed by atoms with van der Waals surface area (Å²) in [5.74, 6) is -0.819. The van der Waals surface area contributed by atoms with Gasteiger partial charge in [-0.3, -0.25) is 14.4 Å². The lowest BCUT2D eigenvalue weighted by Gasteiger charge is -2.13. The maximum Gasteiger partial charge on any atom is 0.285 e. The summed E-state index contributed by atoms with van der Waals surface area (Å²) in [6, 6.07) is 14.1. The summed E-state index contributed by atoms with van der Waals surface area (Å²) in [6.07, 6.45) is 0.591. The molecule has 3 rings (SSSR count). The monoisotopic (exact) mass is 318 g/mol. The van der Waals surface area contributed by atoms with Crippen LogP contribution >= 0.6 is 12.4 Å². The predicted octanol–water partition coefficient (Wildman–Crippen LogP) is 2.46. The molecule has 2 aromatic carbocycles. The van der Waals surface area contributed by atoms with E-state index >= 15 is 0 Å². The van der Waals surface area contributed by atoms with Gasteiger partial charge in [0.05, 0.1) is 17.7 Å². The number of amides is 2. The van der Waals surface area contributed by atoms with Crippen LogP contribution in [-0.4, -0.2) is 23.5 Å². The van der Waals surface area contributed by atoms with E-state index in [-0.39, 0.29) is 19.0 Å². The molecule has 0 saturated heterocycles. The van der Waals surface area contributed by atoms with Crippen molar-refractivity contribution in [2.45, 2.75) is 6.42 Å². The fraction of sp³-hybridized carbons (Fsp3) is 0.125. The van der Waals surface area contributed by atoms with Gasteiger partial charge < -0.3 is 5.73 Å². The molecule has 6 heteroatoms. The Morgan fingerprint density at radius 1 is 0.909 bits per heavy atom. The van der Waals surface area contributed by atoms with Crippen LogP contribution in [-0.2, 0) is 11.3 Å². The third-order valence-electron chi connectivity index (χ3n) is 3.35. The van der Waals surface area contributed by atoms with Gasteiger partial charge in [0, 0.05) is 5.69 Å². The highest BCUT2D eigenvalue weighted by Gasteiger charge is 2.36. The molecule has 2 amide bonds. The third kappa shape index (κ3) is 2.95. The first-order chi connectivity index (χ1) is 10.2. The van der Waals surface area contributed by atoms with Crippen LogP contribution in [0.1, 0.15) is 26.3 Å². The van der Waals surface area contributed by atoms with E-state index in [1.165, 1.54) is 0 Å². The molecule has 0 aromatic heterocycles. The van der Waals surface area contributed by atoms with Gasteiger partial charge in [-0.05, 0) is 36.2 Å². The smallest absolute Gasteiger partial charge is 0.285 e.